The molecule has 0 spiro atoms. The van der Waals surface area contributed by atoms with Gasteiger partial charge in [0.25, 0.3) is 0 Å². The Labute approximate surface area is 216 Å². The summed E-state index contributed by atoms with van der Waals surface area (Å²) in [6.45, 7) is 9.89. The monoisotopic (exact) mass is 505 g/mol. The molecule has 1 N–H and O–H groups in total. The smallest absolute Gasteiger partial charge is 0.227 e. The van der Waals surface area contributed by atoms with Crippen molar-refractivity contribution in [2.45, 2.75) is 46.2 Å². The molecule has 1 fully saturated rings. The summed E-state index contributed by atoms with van der Waals surface area (Å²) in [5.41, 5.74) is 4.08. The third kappa shape index (κ3) is 4.69. The summed E-state index contributed by atoms with van der Waals surface area (Å²) in [6, 6.07) is 10.1. The van der Waals surface area contributed by atoms with Gasteiger partial charge in [-0.1, -0.05) is 44.5 Å². The van der Waals surface area contributed by atoms with Gasteiger partial charge >= 0.3 is 0 Å². The molecular formula is C27H32ClN7O. The number of aromatic nitrogens is 5. The highest BCUT2D eigenvalue weighted by Crippen LogP contribution is 2.31. The van der Waals surface area contributed by atoms with E-state index in [9.17, 15) is 4.79 Å². The first-order chi connectivity index (χ1) is 17.3. The fourth-order valence-electron chi connectivity index (χ4n) is 4.56. The van der Waals surface area contributed by atoms with Crippen LogP contribution in [0, 0.1) is 11.8 Å². The number of hydrogen-bond donors (Lipinski definition) is 1. The molecular weight excluding hydrogens is 474 g/mol. The molecule has 0 radical (unpaired) electrons. The number of fused-ring (bicyclic) bond motifs is 1. The largest absolute Gasteiger partial charge is 0.353 e. The maximum atomic E-state index is 13.0. The van der Waals surface area contributed by atoms with Crippen LogP contribution in [0.1, 0.15) is 51.8 Å². The first kappa shape index (κ1) is 24.3. The number of benzene rings is 1. The van der Waals surface area contributed by atoms with Gasteiger partial charge in [0.05, 0.1) is 24.2 Å². The lowest BCUT2D eigenvalue weighted by Crippen LogP contribution is -2.54. The van der Waals surface area contributed by atoms with Crippen molar-refractivity contribution in [3.05, 3.63) is 65.8 Å². The van der Waals surface area contributed by atoms with Crippen molar-refractivity contribution in [3.8, 4) is 11.1 Å². The van der Waals surface area contributed by atoms with E-state index in [-0.39, 0.29) is 17.9 Å². The van der Waals surface area contributed by atoms with Crippen LogP contribution in [0.3, 0.4) is 0 Å². The molecule has 0 aliphatic carbocycles. The van der Waals surface area contributed by atoms with Crippen LogP contribution in [-0.2, 0) is 4.79 Å². The van der Waals surface area contributed by atoms with Crippen LogP contribution in [0.15, 0.2) is 55.2 Å². The second-order valence-corrected chi connectivity index (χ2v) is 10.4. The zero-order valence-electron chi connectivity index (χ0n) is 21.1. The van der Waals surface area contributed by atoms with Gasteiger partial charge in [-0.3, -0.25) is 9.48 Å². The Morgan fingerprint density at radius 3 is 2.56 bits per heavy atom. The minimum Gasteiger partial charge on any atom is -0.353 e. The van der Waals surface area contributed by atoms with E-state index >= 15 is 0 Å². The lowest BCUT2D eigenvalue weighted by Gasteiger charge is -2.39. The third-order valence-electron chi connectivity index (χ3n) is 7.25. The number of nitrogens with zero attached hydrogens (tertiary/aromatic N) is 6. The van der Waals surface area contributed by atoms with Crippen molar-refractivity contribution >= 4 is 28.8 Å². The fourth-order valence-corrected chi connectivity index (χ4v) is 4.68. The molecule has 0 bridgehead atoms. The van der Waals surface area contributed by atoms with Gasteiger partial charge in [-0.15, -0.1) is 0 Å². The van der Waals surface area contributed by atoms with E-state index in [4.69, 9.17) is 11.6 Å². The summed E-state index contributed by atoms with van der Waals surface area (Å²) in [6.07, 6.45) is 8.37. The molecule has 2 unspecified atom stereocenters. The SMILES string of the molecule is CCC(NC(=O)C1CN(c2ncnn3cc(-c4cnn(C(C)C(C)C)c4)cc23)C1)c1ccc(Cl)cc1. The zero-order chi connectivity index (χ0) is 25.4. The number of nitrogens with one attached hydrogen (secondary N) is 1. The predicted molar refractivity (Wildman–Crippen MR) is 142 cm³/mol. The van der Waals surface area contributed by atoms with Gasteiger partial charge in [0.2, 0.25) is 5.91 Å². The summed E-state index contributed by atoms with van der Waals surface area (Å²) < 4.78 is 3.86. The van der Waals surface area contributed by atoms with Crippen LogP contribution in [-0.4, -0.2) is 43.4 Å². The average molecular weight is 506 g/mol. The Morgan fingerprint density at radius 1 is 1.11 bits per heavy atom. The number of anilines is 1. The molecule has 3 aromatic heterocycles. The fraction of sp³-hybridized carbons (Fsp3) is 0.407. The number of amides is 1. The molecule has 2 atom stereocenters. The van der Waals surface area contributed by atoms with Crippen molar-refractivity contribution in [2.24, 2.45) is 11.8 Å². The number of hydrogen-bond acceptors (Lipinski definition) is 5. The molecule has 36 heavy (non-hydrogen) atoms. The van der Waals surface area contributed by atoms with Gasteiger partial charge in [0.15, 0.2) is 5.82 Å². The standard InChI is InChI=1S/C27H32ClN7O/c1-5-24(19-6-8-23(28)9-7-19)32-27(36)22-12-33(13-22)26-25-10-20(14-35(25)31-16-29-26)21-11-30-34(15-21)18(4)17(2)3/h6-11,14-18,22,24H,5,12-13H2,1-4H3,(H,32,36). The van der Waals surface area contributed by atoms with E-state index in [1.165, 1.54) is 0 Å². The molecule has 1 amide bonds. The van der Waals surface area contributed by atoms with Crippen LogP contribution in [0.4, 0.5) is 5.82 Å². The average Bonchev–Trinajstić information content (AvgIpc) is 3.49. The minimum absolute atomic E-state index is 0.0258. The zero-order valence-corrected chi connectivity index (χ0v) is 21.9. The summed E-state index contributed by atoms with van der Waals surface area (Å²) in [5.74, 6) is 1.33. The molecule has 5 rings (SSSR count). The maximum Gasteiger partial charge on any atom is 0.227 e. The lowest BCUT2D eigenvalue weighted by atomic mass is 9.97. The summed E-state index contributed by atoms with van der Waals surface area (Å²) in [7, 11) is 0. The first-order valence-electron chi connectivity index (χ1n) is 12.5. The molecule has 1 aromatic carbocycles. The molecule has 9 heteroatoms. The summed E-state index contributed by atoms with van der Waals surface area (Å²) >= 11 is 6.01. The maximum absolute atomic E-state index is 13.0. The van der Waals surface area contributed by atoms with Crippen molar-refractivity contribution < 1.29 is 4.79 Å². The van der Waals surface area contributed by atoms with Crippen molar-refractivity contribution in [1.82, 2.24) is 29.7 Å². The third-order valence-corrected chi connectivity index (χ3v) is 7.50. The Kier molecular flexibility index (Phi) is 6.71. The first-order valence-corrected chi connectivity index (χ1v) is 12.9. The molecule has 1 saturated heterocycles. The summed E-state index contributed by atoms with van der Waals surface area (Å²) in [5, 5.41) is 12.9. The number of halogens is 1. The second kappa shape index (κ2) is 9.93. The topological polar surface area (TPSA) is 80.3 Å². The summed E-state index contributed by atoms with van der Waals surface area (Å²) in [4.78, 5) is 19.6. The predicted octanol–water partition coefficient (Wildman–Crippen LogP) is 5.17. The van der Waals surface area contributed by atoms with Crippen LogP contribution in [0.5, 0.6) is 0 Å². The van der Waals surface area contributed by atoms with E-state index < -0.39 is 0 Å². The Bertz CT molecular complexity index is 1350. The van der Waals surface area contributed by atoms with Gasteiger partial charge in [-0.05, 0) is 43.0 Å². The number of carbonyl (C=O) groups excluding carboxylic acids is 1. The van der Waals surface area contributed by atoms with E-state index in [1.807, 2.05) is 45.9 Å². The van der Waals surface area contributed by atoms with Crippen molar-refractivity contribution in [1.29, 1.82) is 0 Å². The Hall–Kier alpha value is -3.39. The van der Waals surface area contributed by atoms with Gasteiger partial charge in [-0.25, -0.2) is 9.50 Å². The highest BCUT2D eigenvalue weighted by molar-refractivity contribution is 6.30. The highest BCUT2D eigenvalue weighted by atomic mass is 35.5. The van der Waals surface area contributed by atoms with Crippen LogP contribution >= 0.6 is 11.6 Å². The molecule has 4 heterocycles. The van der Waals surface area contributed by atoms with Crippen LogP contribution < -0.4 is 10.2 Å². The van der Waals surface area contributed by atoms with Gasteiger partial charge in [-0.2, -0.15) is 10.2 Å². The Balaban J connectivity index is 1.28. The number of rotatable bonds is 8. The highest BCUT2D eigenvalue weighted by Gasteiger charge is 2.35. The van der Waals surface area contributed by atoms with Gasteiger partial charge in [0.1, 0.15) is 11.8 Å². The van der Waals surface area contributed by atoms with Crippen molar-refractivity contribution in [2.75, 3.05) is 18.0 Å². The molecule has 8 nitrogen and oxygen atoms in total. The van der Waals surface area contributed by atoms with Gasteiger partial charge < -0.3 is 10.2 Å². The molecule has 188 valence electrons. The van der Waals surface area contributed by atoms with E-state index in [2.05, 4.69) is 65.4 Å². The van der Waals surface area contributed by atoms with Crippen LogP contribution in [0.2, 0.25) is 5.02 Å². The number of carbonyl (C=O) groups is 1. The molecule has 0 saturated carbocycles. The normalized spacial score (nSPS) is 15.8. The Morgan fingerprint density at radius 2 is 1.86 bits per heavy atom. The lowest BCUT2D eigenvalue weighted by molar-refractivity contribution is -0.126. The molecule has 4 aromatic rings. The van der Waals surface area contributed by atoms with Gasteiger partial charge in [0, 0.05) is 41.6 Å². The van der Waals surface area contributed by atoms with Crippen molar-refractivity contribution in [3.63, 3.8) is 0 Å². The molecule has 1 aliphatic heterocycles. The minimum atomic E-state index is -0.0773. The van der Waals surface area contributed by atoms with E-state index in [1.54, 1.807) is 6.33 Å². The van der Waals surface area contributed by atoms with E-state index in [0.29, 0.717) is 30.1 Å². The van der Waals surface area contributed by atoms with Crippen LogP contribution in [0.25, 0.3) is 16.6 Å². The molecule has 1 aliphatic rings. The quantitative estimate of drug-likeness (QED) is 0.357. The second-order valence-electron chi connectivity index (χ2n) is 9.96. The van der Waals surface area contributed by atoms with E-state index in [0.717, 1.165) is 34.4 Å².